The number of anilines is 2. The van der Waals surface area contributed by atoms with E-state index >= 15 is 0 Å². The molecule has 0 bridgehead atoms. The summed E-state index contributed by atoms with van der Waals surface area (Å²) in [6.07, 6.45) is 0.876. The zero-order chi connectivity index (χ0) is 14.8. The standard InChI is InChI=1S/C16H15N3OS/c1-2-10-5-3-4-6-12(10)18-15(20)11-7-8-13-14(9-11)21-16(17)19-13/h3-9H,2H2,1H3,(H2,17,19)(H,18,20). The molecule has 3 N–H and O–H groups in total. The monoisotopic (exact) mass is 297 g/mol. The minimum atomic E-state index is -0.121. The molecule has 0 saturated carbocycles. The molecule has 3 rings (SSSR count). The number of fused-ring (bicyclic) bond motifs is 1. The van der Waals surface area contributed by atoms with E-state index in [0.29, 0.717) is 10.7 Å². The average Bonchev–Trinajstić information content (AvgIpc) is 2.86. The molecule has 0 spiro atoms. The number of nitrogens with one attached hydrogen (secondary N) is 1. The fourth-order valence-electron chi connectivity index (χ4n) is 2.23. The van der Waals surface area contributed by atoms with Crippen molar-refractivity contribution >= 4 is 38.3 Å². The van der Waals surface area contributed by atoms with Gasteiger partial charge in [0.2, 0.25) is 0 Å². The van der Waals surface area contributed by atoms with Crippen molar-refractivity contribution in [2.45, 2.75) is 13.3 Å². The first kappa shape index (κ1) is 13.6. The molecule has 0 radical (unpaired) electrons. The Bertz CT molecular complexity index is 810. The summed E-state index contributed by atoms with van der Waals surface area (Å²) in [5.74, 6) is -0.121. The number of carbonyl (C=O) groups excluding carboxylic acids is 1. The molecular weight excluding hydrogens is 282 g/mol. The number of hydrogen-bond acceptors (Lipinski definition) is 4. The number of nitrogen functional groups attached to an aromatic ring is 1. The predicted octanol–water partition coefficient (Wildman–Crippen LogP) is 3.69. The number of amides is 1. The molecule has 1 aromatic heterocycles. The third-order valence-electron chi connectivity index (χ3n) is 3.31. The third-order valence-corrected chi connectivity index (χ3v) is 4.16. The van der Waals surface area contributed by atoms with Crippen molar-refractivity contribution in [2.24, 2.45) is 0 Å². The maximum absolute atomic E-state index is 12.4. The van der Waals surface area contributed by atoms with Crippen LogP contribution in [-0.2, 0) is 6.42 Å². The number of nitrogens with two attached hydrogens (primary N) is 1. The molecule has 0 aliphatic rings. The Morgan fingerprint density at radius 2 is 2.10 bits per heavy atom. The fourth-order valence-corrected chi connectivity index (χ4v) is 3.00. The Hall–Kier alpha value is -2.40. The molecule has 2 aromatic carbocycles. The predicted molar refractivity (Wildman–Crippen MR) is 87.8 cm³/mol. The van der Waals surface area contributed by atoms with E-state index in [0.717, 1.165) is 27.9 Å². The molecule has 0 aliphatic carbocycles. The van der Waals surface area contributed by atoms with Crippen LogP contribution in [-0.4, -0.2) is 10.9 Å². The highest BCUT2D eigenvalue weighted by molar-refractivity contribution is 7.22. The number of carbonyl (C=O) groups is 1. The molecule has 0 atom stereocenters. The molecule has 106 valence electrons. The Morgan fingerprint density at radius 3 is 2.90 bits per heavy atom. The minimum absolute atomic E-state index is 0.121. The van der Waals surface area contributed by atoms with Gasteiger partial charge < -0.3 is 11.1 Å². The summed E-state index contributed by atoms with van der Waals surface area (Å²) in [5.41, 5.74) is 9.09. The van der Waals surface area contributed by atoms with Crippen LogP contribution in [0.15, 0.2) is 42.5 Å². The second-order valence-corrected chi connectivity index (χ2v) is 5.76. The Labute approximate surface area is 126 Å². The van der Waals surface area contributed by atoms with Crippen molar-refractivity contribution in [3.8, 4) is 0 Å². The van der Waals surface area contributed by atoms with Crippen LogP contribution in [0.4, 0.5) is 10.8 Å². The lowest BCUT2D eigenvalue weighted by molar-refractivity contribution is 0.102. The van der Waals surface area contributed by atoms with Crippen molar-refractivity contribution in [3.63, 3.8) is 0 Å². The summed E-state index contributed by atoms with van der Waals surface area (Å²) in [6.45, 7) is 2.07. The molecule has 4 nitrogen and oxygen atoms in total. The van der Waals surface area contributed by atoms with Gasteiger partial charge in [-0.1, -0.05) is 36.5 Å². The fraction of sp³-hybridized carbons (Fsp3) is 0.125. The molecular formula is C16H15N3OS. The zero-order valence-corrected chi connectivity index (χ0v) is 12.4. The van der Waals surface area contributed by atoms with Crippen molar-refractivity contribution in [3.05, 3.63) is 53.6 Å². The largest absolute Gasteiger partial charge is 0.375 e. The van der Waals surface area contributed by atoms with Crippen LogP contribution in [0.2, 0.25) is 0 Å². The molecule has 3 aromatic rings. The number of hydrogen-bond donors (Lipinski definition) is 2. The highest BCUT2D eigenvalue weighted by Crippen LogP contribution is 2.25. The molecule has 0 aliphatic heterocycles. The number of benzene rings is 2. The summed E-state index contributed by atoms with van der Waals surface area (Å²) >= 11 is 1.38. The number of para-hydroxylation sites is 1. The van der Waals surface area contributed by atoms with E-state index in [1.165, 1.54) is 11.3 Å². The van der Waals surface area contributed by atoms with E-state index in [1.807, 2.05) is 36.4 Å². The van der Waals surface area contributed by atoms with Crippen LogP contribution in [0.5, 0.6) is 0 Å². The van der Waals surface area contributed by atoms with Gasteiger partial charge in [-0.3, -0.25) is 4.79 Å². The summed E-state index contributed by atoms with van der Waals surface area (Å²) in [7, 11) is 0. The summed E-state index contributed by atoms with van der Waals surface area (Å²) in [4.78, 5) is 16.6. The van der Waals surface area contributed by atoms with Gasteiger partial charge in [0.25, 0.3) is 5.91 Å². The van der Waals surface area contributed by atoms with Gasteiger partial charge in [0.1, 0.15) is 0 Å². The van der Waals surface area contributed by atoms with Gasteiger partial charge in [-0.15, -0.1) is 0 Å². The molecule has 0 saturated heterocycles. The van der Waals surface area contributed by atoms with E-state index < -0.39 is 0 Å². The number of nitrogens with zero attached hydrogens (tertiary/aromatic N) is 1. The Balaban J connectivity index is 1.89. The number of rotatable bonds is 3. The van der Waals surface area contributed by atoms with E-state index in [-0.39, 0.29) is 5.91 Å². The smallest absolute Gasteiger partial charge is 0.255 e. The normalized spacial score (nSPS) is 10.7. The number of aromatic nitrogens is 1. The van der Waals surface area contributed by atoms with Gasteiger partial charge in [-0.25, -0.2) is 4.98 Å². The van der Waals surface area contributed by atoms with Crippen LogP contribution in [0.25, 0.3) is 10.2 Å². The molecule has 1 amide bonds. The second kappa shape index (κ2) is 5.54. The lowest BCUT2D eigenvalue weighted by Gasteiger charge is -2.09. The maximum atomic E-state index is 12.4. The SMILES string of the molecule is CCc1ccccc1NC(=O)c1ccc2nc(N)sc2c1. The third kappa shape index (κ3) is 2.73. The summed E-state index contributed by atoms with van der Waals surface area (Å²) in [5, 5.41) is 3.48. The van der Waals surface area contributed by atoms with E-state index in [1.54, 1.807) is 6.07 Å². The van der Waals surface area contributed by atoms with E-state index in [4.69, 9.17) is 5.73 Å². The first-order chi connectivity index (χ1) is 10.2. The Morgan fingerprint density at radius 1 is 1.29 bits per heavy atom. The van der Waals surface area contributed by atoms with Crippen LogP contribution in [0.1, 0.15) is 22.8 Å². The van der Waals surface area contributed by atoms with Crippen LogP contribution < -0.4 is 11.1 Å². The highest BCUT2D eigenvalue weighted by Gasteiger charge is 2.10. The quantitative estimate of drug-likeness (QED) is 0.774. The average molecular weight is 297 g/mol. The number of aryl methyl sites for hydroxylation is 1. The second-order valence-electron chi connectivity index (χ2n) is 4.70. The molecule has 0 fully saturated rings. The van der Waals surface area contributed by atoms with Gasteiger partial charge >= 0.3 is 0 Å². The summed E-state index contributed by atoms with van der Waals surface area (Å²) in [6, 6.07) is 13.2. The first-order valence-corrected chi connectivity index (χ1v) is 7.54. The van der Waals surface area contributed by atoms with Crippen molar-refractivity contribution in [2.75, 3.05) is 11.1 Å². The van der Waals surface area contributed by atoms with Crippen LogP contribution in [0, 0.1) is 0 Å². The molecule has 1 heterocycles. The molecule has 0 unspecified atom stereocenters. The van der Waals surface area contributed by atoms with E-state index in [9.17, 15) is 4.79 Å². The molecule has 5 heteroatoms. The van der Waals surface area contributed by atoms with Gasteiger partial charge in [0.15, 0.2) is 5.13 Å². The van der Waals surface area contributed by atoms with Gasteiger partial charge in [-0.2, -0.15) is 0 Å². The van der Waals surface area contributed by atoms with E-state index in [2.05, 4.69) is 17.2 Å². The number of thiazole rings is 1. The Kier molecular flexibility index (Phi) is 3.58. The van der Waals surface area contributed by atoms with Crippen LogP contribution in [0.3, 0.4) is 0 Å². The van der Waals surface area contributed by atoms with Gasteiger partial charge in [0.05, 0.1) is 10.2 Å². The lowest BCUT2D eigenvalue weighted by atomic mass is 10.1. The lowest BCUT2D eigenvalue weighted by Crippen LogP contribution is -2.13. The zero-order valence-electron chi connectivity index (χ0n) is 11.6. The van der Waals surface area contributed by atoms with Crippen molar-refractivity contribution in [1.82, 2.24) is 4.98 Å². The maximum Gasteiger partial charge on any atom is 0.255 e. The minimum Gasteiger partial charge on any atom is -0.375 e. The molecule has 21 heavy (non-hydrogen) atoms. The van der Waals surface area contributed by atoms with Gasteiger partial charge in [-0.05, 0) is 36.2 Å². The highest BCUT2D eigenvalue weighted by atomic mass is 32.1. The first-order valence-electron chi connectivity index (χ1n) is 6.72. The van der Waals surface area contributed by atoms with Crippen molar-refractivity contribution in [1.29, 1.82) is 0 Å². The van der Waals surface area contributed by atoms with Gasteiger partial charge in [0, 0.05) is 11.3 Å². The summed E-state index contributed by atoms with van der Waals surface area (Å²) < 4.78 is 0.920. The topological polar surface area (TPSA) is 68.0 Å². The van der Waals surface area contributed by atoms with Crippen molar-refractivity contribution < 1.29 is 4.79 Å². The van der Waals surface area contributed by atoms with Crippen LogP contribution >= 0.6 is 11.3 Å².